The first-order chi connectivity index (χ1) is 18.6. The molecule has 0 amide bonds. The molecule has 0 spiro atoms. The van der Waals surface area contributed by atoms with Gasteiger partial charge in [0.05, 0.1) is 17.9 Å². The maximum absolute atomic E-state index is 13.5. The number of sulfonamides is 1. The van der Waals surface area contributed by atoms with Gasteiger partial charge in [0.1, 0.15) is 6.04 Å². The van der Waals surface area contributed by atoms with Gasteiger partial charge in [-0.05, 0) is 47.2 Å². The summed E-state index contributed by atoms with van der Waals surface area (Å²) < 4.78 is 33.3. The molecule has 1 heterocycles. The third-order valence-electron chi connectivity index (χ3n) is 7.76. The lowest BCUT2D eigenvalue weighted by molar-refractivity contribution is -0.146. The molecular weight excluding hydrogens is 525 g/mol. The van der Waals surface area contributed by atoms with Gasteiger partial charge < -0.3 is 4.74 Å². The fourth-order valence-electron chi connectivity index (χ4n) is 5.71. The SMILES string of the molecule is CCOC(=O)[C@@H](C[C@H]1CN1S(=O)(=O)CC[Si](C)(C)C)NC1(c2ccccc2)c2ccccc2-c2ccccc21. The summed E-state index contributed by atoms with van der Waals surface area (Å²) in [6.07, 6.45) is 0.351. The Bertz CT molecular complexity index is 1410. The zero-order chi connectivity index (χ0) is 27.8. The Morgan fingerprint density at radius 1 is 0.974 bits per heavy atom. The highest BCUT2D eigenvalue weighted by atomic mass is 32.2. The van der Waals surface area contributed by atoms with Crippen molar-refractivity contribution in [2.75, 3.05) is 18.9 Å². The van der Waals surface area contributed by atoms with Crippen LogP contribution in [0.3, 0.4) is 0 Å². The summed E-state index contributed by atoms with van der Waals surface area (Å²) in [5.74, 6) is -0.188. The highest BCUT2D eigenvalue weighted by molar-refractivity contribution is 7.89. The van der Waals surface area contributed by atoms with Gasteiger partial charge in [0.25, 0.3) is 0 Å². The smallest absolute Gasteiger partial charge is 0.323 e. The first kappa shape index (κ1) is 27.8. The van der Waals surface area contributed by atoms with Crippen LogP contribution < -0.4 is 5.32 Å². The van der Waals surface area contributed by atoms with Crippen molar-refractivity contribution in [1.82, 2.24) is 9.62 Å². The van der Waals surface area contributed by atoms with E-state index >= 15 is 0 Å². The highest BCUT2D eigenvalue weighted by Gasteiger charge is 2.50. The zero-order valence-corrected chi connectivity index (χ0v) is 25.0. The van der Waals surface area contributed by atoms with Crippen LogP contribution in [-0.2, 0) is 25.1 Å². The lowest BCUT2D eigenvalue weighted by Gasteiger charge is -2.37. The van der Waals surface area contributed by atoms with Crippen LogP contribution in [0.5, 0.6) is 0 Å². The molecule has 3 atom stereocenters. The molecule has 3 aromatic carbocycles. The predicted molar refractivity (Wildman–Crippen MR) is 159 cm³/mol. The standard InChI is InChI=1S/C31H38N2O4SSi/c1-5-37-30(34)29(21-24-22-33(24)38(35,36)19-20-39(2,3)4)32-31(23-13-7-6-8-14-23)27-17-11-9-15-25(27)26-16-10-12-18-28(26)31/h6-18,24,29,32H,5,19-22H2,1-4H3/t24-,29+,33?/m0/s1. The molecule has 0 aromatic heterocycles. The third kappa shape index (κ3) is 5.48. The number of fused-ring (bicyclic) bond motifs is 3. The summed E-state index contributed by atoms with van der Waals surface area (Å²) in [7, 11) is -4.86. The third-order valence-corrected chi connectivity index (χ3v) is 11.8. The summed E-state index contributed by atoms with van der Waals surface area (Å²) >= 11 is 0. The van der Waals surface area contributed by atoms with Crippen molar-refractivity contribution < 1.29 is 17.9 Å². The Morgan fingerprint density at radius 2 is 1.54 bits per heavy atom. The molecule has 1 aliphatic carbocycles. The topological polar surface area (TPSA) is 75.5 Å². The van der Waals surface area contributed by atoms with Crippen molar-refractivity contribution in [1.29, 1.82) is 0 Å². The van der Waals surface area contributed by atoms with Gasteiger partial charge in [-0.2, -0.15) is 4.31 Å². The van der Waals surface area contributed by atoms with Crippen molar-refractivity contribution in [3.63, 3.8) is 0 Å². The Balaban J connectivity index is 1.52. The number of nitrogens with zero attached hydrogens (tertiary/aromatic N) is 1. The van der Waals surface area contributed by atoms with Crippen molar-refractivity contribution >= 4 is 24.1 Å². The molecule has 1 fully saturated rings. The number of esters is 1. The molecular formula is C31H38N2O4SSi. The Kier molecular flexibility index (Phi) is 7.58. The van der Waals surface area contributed by atoms with E-state index in [0.29, 0.717) is 13.0 Å². The highest BCUT2D eigenvalue weighted by Crippen LogP contribution is 2.51. The normalized spacial score (nSPS) is 20.1. The van der Waals surface area contributed by atoms with Crippen molar-refractivity contribution in [2.45, 2.75) is 56.7 Å². The number of benzene rings is 3. The molecule has 3 aromatic rings. The minimum absolute atomic E-state index is 0.172. The quantitative estimate of drug-likeness (QED) is 0.197. The number of carbonyl (C=O) groups is 1. The number of ether oxygens (including phenoxy) is 1. The Hall–Kier alpha value is -2.78. The van der Waals surface area contributed by atoms with Crippen LogP contribution in [0.2, 0.25) is 25.7 Å². The molecule has 1 N–H and O–H groups in total. The van der Waals surface area contributed by atoms with E-state index in [9.17, 15) is 13.2 Å². The van der Waals surface area contributed by atoms with E-state index in [1.807, 2.05) is 42.5 Å². The Labute approximate surface area is 233 Å². The van der Waals surface area contributed by atoms with Crippen molar-refractivity contribution in [3.05, 3.63) is 95.6 Å². The monoisotopic (exact) mass is 562 g/mol. The molecule has 5 rings (SSSR count). The van der Waals surface area contributed by atoms with Gasteiger partial charge in [0, 0.05) is 20.7 Å². The van der Waals surface area contributed by atoms with Gasteiger partial charge in [0.2, 0.25) is 10.0 Å². The summed E-state index contributed by atoms with van der Waals surface area (Å²) in [6, 6.07) is 26.5. The van der Waals surface area contributed by atoms with E-state index in [0.717, 1.165) is 33.9 Å². The van der Waals surface area contributed by atoms with E-state index in [1.165, 1.54) is 0 Å². The maximum atomic E-state index is 13.5. The summed E-state index contributed by atoms with van der Waals surface area (Å²) in [6.45, 7) is 9.05. The lowest BCUT2D eigenvalue weighted by Crippen LogP contribution is -2.52. The first-order valence-electron chi connectivity index (χ1n) is 13.8. The van der Waals surface area contributed by atoms with Crippen LogP contribution >= 0.6 is 0 Å². The van der Waals surface area contributed by atoms with Crippen LogP contribution in [0.25, 0.3) is 11.1 Å². The molecule has 0 saturated carbocycles. The minimum Gasteiger partial charge on any atom is -0.465 e. The summed E-state index contributed by atoms with van der Waals surface area (Å²) in [4.78, 5) is 13.5. The average Bonchev–Trinajstić information content (AvgIpc) is 3.65. The van der Waals surface area contributed by atoms with Gasteiger partial charge in [-0.3, -0.25) is 10.1 Å². The number of hydrogen-bond acceptors (Lipinski definition) is 5. The van der Waals surface area contributed by atoms with E-state index in [-0.39, 0.29) is 24.4 Å². The average molecular weight is 563 g/mol. The molecule has 0 bridgehead atoms. The van der Waals surface area contributed by atoms with Crippen molar-refractivity contribution in [2.24, 2.45) is 0 Å². The van der Waals surface area contributed by atoms with E-state index in [1.54, 1.807) is 11.2 Å². The molecule has 206 valence electrons. The molecule has 39 heavy (non-hydrogen) atoms. The van der Waals surface area contributed by atoms with Gasteiger partial charge in [-0.25, -0.2) is 8.42 Å². The molecule has 1 aliphatic heterocycles. The second-order valence-corrected chi connectivity index (χ2v) is 19.4. The van der Waals surface area contributed by atoms with Crippen molar-refractivity contribution in [3.8, 4) is 11.1 Å². The van der Waals surface area contributed by atoms with Gasteiger partial charge >= 0.3 is 5.97 Å². The van der Waals surface area contributed by atoms with Crippen LogP contribution in [0, 0.1) is 0 Å². The Morgan fingerprint density at radius 3 is 2.10 bits per heavy atom. The number of carbonyl (C=O) groups excluding carboxylic acids is 1. The van der Waals surface area contributed by atoms with Gasteiger partial charge in [-0.1, -0.05) is 98.5 Å². The predicted octanol–water partition coefficient (Wildman–Crippen LogP) is 5.22. The van der Waals surface area contributed by atoms with E-state index < -0.39 is 29.7 Å². The molecule has 2 aliphatic rings. The minimum atomic E-state index is -3.36. The molecule has 8 heteroatoms. The molecule has 1 saturated heterocycles. The van der Waals surface area contributed by atoms with Crippen LogP contribution in [-0.4, -0.2) is 57.8 Å². The van der Waals surface area contributed by atoms with Crippen LogP contribution in [0.4, 0.5) is 0 Å². The number of rotatable bonds is 11. The van der Waals surface area contributed by atoms with Crippen LogP contribution in [0.15, 0.2) is 78.9 Å². The lowest BCUT2D eigenvalue weighted by atomic mass is 9.79. The van der Waals surface area contributed by atoms with E-state index in [4.69, 9.17) is 4.74 Å². The van der Waals surface area contributed by atoms with E-state index in [2.05, 4.69) is 61.4 Å². The van der Waals surface area contributed by atoms with Crippen LogP contribution in [0.1, 0.15) is 30.0 Å². The van der Waals surface area contributed by atoms with Gasteiger partial charge in [0.15, 0.2) is 0 Å². The molecule has 0 radical (unpaired) electrons. The fraction of sp³-hybridized carbons (Fsp3) is 0.387. The van der Waals surface area contributed by atoms with Gasteiger partial charge in [-0.15, -0.1) is 0 Å². The first-order valence-corrected chi connectivity index (χ1v) is 19.1. The second-order valence-electron chi connectivity index (χ2n) is 11.7. The second kappa shape index (κ2) is 10.7. The summed E-state index contributed by atoms with van der Waals surface area (Å²) in [5, 5.41) is 3.75. The largest absolute Gasteiger partial charge is 0.465 e. The zero-order valence-electron chi connectivity index (χ0n) is 23.2. The molecule has 6 nitrogen and oxygen atoms in total. The summed E-state index contributed by atoms with van der Waals surface area (Å²) in [5.41, 5.74) is 4.61. The number of hydrogen-bond donors (Lipinski definition) is 1. The number of nitrogens with one attached hydrogen (secondary N) is 1. The fourth-order valence-corrected chi connectivity index (χ4v) is 10.4. The maximum Gasteiger partial charge on any atom is 0.323 e. The molecule has 1 unspecified atom stereocenters.